The maximum atomic E-state index is 13.2. The maximum Gasteiger partial charge on any atom is 0.266 e. The molecule has 4 rings (SSSR count). The molecule has 0 aliphatic rings. The van der Waals surface area contributed by atoms with Crippen LogP contribution in [0.25, 0.3) is 28.7 Å². The van der Waals surface area contributed by atoms with Crippen molar-refractivity contribution < 1.29 is 4.74 Å². The van der Waals surface area contributed by atoms with Crippen molar-refractivity contribution in [2.24, 2.45) is 0 Å². The number of rotatable bonds is 4. The minimum atomic E-state index is -0.130. The molecule has 4 nitrogen and oxygen atoms in total. The maximum absolute atomic E-state index is 13.2. The largest absolute Gasteiger partial charge is 0.497 e. The highest BCUT2D eigenvalue weighted by atomic mass is 35.5. The van der Waals surface area contributed by atoms with Gasteiger partial charge >= 0.3 is 0 Å². The molecule has 0 radical (unpaired) electrons. The summed E-state index contributed by atoms with van der Waals surface area (Å²) in [6, 6.07) is 22.2. The first-order chi connectivity index (χ1) is 13.7. The Morgan fingerprint density at radius 2 is 1.64 bits per heavy atom. The number of hydrogen-bond acceptors (Lipinski definition) is 3. The van der Waals surface area contributed by atoms with Gasteiger partial charge in [0.15, 0.2) is 0 Å². The second kappa shape index (κ2) is 7.71. The van der Waals surface area contributed by atoms with Crippen LogP contribution in [0.15, 0.2) is 77.6 Å². The number of fused-ring (bicyclic) bond motifs is 1. The second-order valence-electron chi connectivity index (χ2n) is 6.18. The minimum absolute atomic E-state index is 0.130. The Bertz CT molecular complexity index is 1230. The molecule has 0 unspecified atom stereocenters. The van der Waals surface area contributed by atoms with E-state index in [9.17, 15) is 4.79 Å². The molecule has 0 aliphatic carbocycles. The molecule has 0 saturated carbocycles. The van der Waals surface area contributed by atoms with E-state index in [0.29, 0.717) is 27.4 Å². The molecule has 3 aromatic carbocycles. The van der Waals surface area contributed by atoms with Gasteiger partial charge in [-0.15, -0.1) is 0 Å². The van der Waals surface area contributed by atoms with Gasteiger partial charge in [0.05, 0.1) is 23.7 Å². The smallest absolute Gasteiger partial charge is 0.266 e. The highest BCUT2D eigenvalue weighted by Gasteiger charge is 2.11. The van der Waals surface area contributed by atoms with Gasteiger partial charge in [-0.1, -0.05) is 41.9 Å². The van der Waals surface area contributed by atoms with Crippen LogP contribution < -0.4 is 10.3 Å². The fraction of sp³-hybridized carbons (Fsp3) is 0.0435. The van der Waals surface area contributed by atoms with Crippen LogP contribution in [0.5, 0.6) is 5.75 Å². The molecule has 1 aromatic heterocycles. The molecule has 0 fully saturated rings. The third kappa shape index (κ3) is 3.42. The van der Waals surface area contributed by atoms with Crippen molar-refractivity contribution in [3.8, 4) is 11.4 Å². The number of halogens is 1. The fourth-order valence-corrected chi connectivity index (χ4v) is 3.22. The normalized spacial score (nSPS) is 11.2. The van der Waals surface area contributed by atoms with Crippen molar-refractivity contribution in [1.82, 2.24) is 9.55 Å². The highest BCUT2D eigenvalue weighted by Crippen LogP contribution is 2.20. The first-order valence-corrected chi connectivity index (χ1v) is 9.14. The highest BCUT2D eigenvalue weighted by molar-refractivity contribution is 6.32. The van der Waals surface area contributed by atoms with Crippen molar-refractivity contribution in [3.63, 3.8) is 0 Å². The minimum Gasteiger partial charge on any atom is -0.497 e. The summed E-state index contributed by atoms with van der Waals surface area (Å²) >= 11 is 6.25. The Morgan fingerprint density at radius 1 is 0.929 bits per heavy atom. The third-order valence-electron chi connectivity index (χ3n) is 4.45. The van der Waals surface area contributed by atoms with Gasteiger partial charge in [0.2, 0.25) is 0 Å². The summed E-state index contributed by atoms with van der Waals surface area (Å²) in [5.41, 5.74) is 2.08. The Labute approximate surface area is 167 Å². The van der Waals surface area contributed by atoms with E-state index in [1.807, 2.05) is 72.8 Å². The van der Waals surface area contributed by atoms with Gasteiger partial charge < -0.3 is 4.74 Å². The molecule has 4 aromatic rings. The molecule has 28 heavy (non-hydrogen) atoms. The molecule has 138 valence electrons. The predicted molar refractivity (Wildman–Crippen MR) is 114 cm³/mol. The molecular weight excluding hydrogens is 372 g/mol. The number of hydrogen-bond donors (Lipinski definition) is 0. The van der Waals surface area contributed by atoms with E-state index >= 15 is 0 Å². The average molecular weight is 389 g/mol. The van der Waals surface area contributed by atoms with Crippen molar-refractivity contribution in [3.05, 3.63) is 99.6 Å². The van der Waals surface area contributed by atoms with Gasteiger partial charge in [0.1, 0.15) is 11.6 Å². The van der Waals surface area contributed by atoms with Crippen LogP contribution in [0.1, 0.15) is 11.4 Å². The lowest BCUT2D eigenvalue weighted by Crippen LogP contribution is -2.22. The quantitative estimate of drug-likeness (QED) is 0.481. The van der Waals surface area contributed by atoms with E-state index in [2.05, 4.69) is 0 Å². The van der Waals surface area contributed by atoms with Crippen molar-refractivity contribution >= 4 is 34.7 Å². The number of benzene rings is 3. The van der Waals surface area contributed by atoms with Gasteiger partial charge in [-0.25, -0.2) is 4.98 Å². The summed E-state index contributed by atoms with van der Waals surface area (Å²) in [4.78, 5) is 17.9. The monoisotopic (exact) mass is 388 g/mol. The topological polar surface area (TPSA) is 44.1 Å². The fourth-order valence-electron chi connectivity index (χ4n) is 3.02. The Morgan fingerprint density at radius 3 is 2.39 bits per heavy atom. The molecule has 0 spiro atoms. The van der Waals surface area contributed by atoms with Gasteiger partial charge in [0, 0.05) is 5.02 Å². The van der Waals surface area contributed by atoms with E-state index in [4.69, 9.17) is 21.3 Å². The lowest BCUT2D eigenvalue weighted by atomic mass is 10.2. The van der Waals surface area contributed by atoms with Crippen LogP contribution in [-0.4, -0.2) is 16.7 Å². The zero-order valence-electron chi connectivity index (χ0n) is 15.2. The lowest BCUT2D eigenvalue weighted by Gasteiger charge is -2.12. The summed E-state index contributed by atoms with van der Waals surface area (Å²) in [7, 11) is 1.61. The third-order valence-corrected chi connectivity index (χ3v) is 4.79. The molecule has 0 bridgehead atoms. The first-order valence-electron chi connectivity index (χ1n) is 8.76. The summed E-state index contributed by atoms with van der Waals surface area (Å²) < 4.78 is 6.81. The van der Waals surface area contributed by atoms with Crippen LogP contribution in [0, 0.1) is 0 Å². The second-order valence-corrected chi connectivity index (χ2v) is 6.59. The molecule has 0 saturated heterocycles. The molecule has 0 atom stereocenters. The number of para-hydroxylation sites is 1. The number of methoxy groups -OCH3 is 1. The summed E-state index contributed by atoms with van der Waals surface area (Å²) in [5.74, 6) is 1.24. The van der Waals surface area contributed by atoms with E-state index in [1.165, 1.54) is 0 Å². The molecule has 5 heteroatoms. The van der Waals surface area contributed by atoms with Crippen molar-refractivity contribution in [2.45, 2.75) is 0 Å². The molecule has 0 N–H and O–H groups in total. The Kier molecular flexibility index (Phi) is 4.96. The lowest BCUT2D eigenvalue weighted by molar-refractivity contribution is 0.414. The van der Waals surface area contributed by atoms with Gasteiger partial charge in [-0.05, 0) is 60.2 Å². The van der Waals surface area contributed by atoms with Gasteiger partial charge in [-0.2, -0.15) is 0 Å². The number of aromatic nitrogens is 2. The van der Waals surface area contributed by atoms with Crippen molar-refractivity contribution in [1.29, 1.82) is 0 Å². The van der Waals surface area contributed by atoms with Crippen LogP contribution in [-0.2, 0) is 0 Å². The van der Waals surface area contributed by atoms with Crippen LogP contribution in [0.4, 0.5) is 0 Å². The molecule has 0 amide bonds. The van der Waals surface area contributed by atoms with Gasteiger partial charge in [0.25, 0.3) is 5.56 Å². The average Bonchev–Trinajstić information content (AvgIpc) is 2.73. The van der Waals surface area contributed by atoms with Crippen LogP contribution in [0.3, 0.4) is 0 Å². The SMILES string of the molecule is COc1ccc(-n2c(/C=C/c3ccccc3Cl)nc3ccccc3c2=O)cc1. The molecule has 0 aliphatic heterocycles. The van der Waals surface area contributed by atoms with Gasteiger partial charge in [-0.3, -0.25) is 9.36 Å². The summed E-state index contributed by atoms with van der Waals surface area (Å²) in [6.45, 7) is 0. The van der Waals surface area contributed by atoms with E-state index in [-0.39, 0.29) is 5.56 Å². The number of ether oxygens (including phenoxy) is 1. The zero-order chi connectivity index (χ0) is 19.5. The van der Waals surface area contributed by atoms with E-state index in [0.717, 1.165) is 11.3 Å². The predicted octanol–water partition coefficient (Wildman–Crippen LogP) is 5.22. The summed E-state index contributed by atoms with van der Waals surface area (Å²) in [6.07, 6.45) is 3.66. The zero-order valence-corrected chi connectivity index (χ0v) is 15.9. The van der Waals surface area contributed by atoms with E-state index < -0.39 is 0 Å². The molecular formula is C23H17ClN2O2. The number of nitrogens with zero attached hydrogens (tertiary/aromatic N) is 2. The van der Waals surface area contributed by atoms with Crippen LogP contribution in [0.2, 0.25) is 5.02 Å². The van der Waals surface area contributed by atoms with Crippen molar-refractivity contribution in [2.75, 3.05) is 7.11 Å². The molecule has 1 heterocycles. The Balaban J connectivity index is 1.93. The first kappa shape index (κ1) is 18.0. The van der Waals surface area contributed by atoms with E-state index in [1.54, 1.807) is 23.8 Å². The van der Waals surface area contributed by atoms with Crippen LogP contribution >= 0.6 is 11.6 Å². The summed E-state index contributed by atoms with van der Waals surface area (Å²) in [5, 5.41) is 1.20. The Hall–Kier alpha value is -3.37. The standard InChI is InChI=1S/C23H17ClN2O2/c1-28-18-13-11-17(12-14-18)26-22(15-10-16-6-2-4-8-20(16)24)25-21-9-5-3-7-19(21)23(26)27/h2-15H,1H3/b15-10+.